The molecule has 100 valence electrons. The van der Waals surface area contributed by atoms with Gasteiger partial charge in [0.2, 0.25) is 0 Å². The lowest BCUT2D eigenvalue weighted by Gasteiger charge is -2.12. The van der Waals surface area contributed by atoms with Crippen molar-refractivity contribution in [1.82, 2.24) is 0 Å². The highest BCUT2D eigenvalue weighted by atomic mass is 79.9. The molecule has 0 saturated heterocycles. The van der Waals surface area contributed by atoms with Crippen molar-refractivity contribution in [3.8, 4) is 0 Å². The molecule has 0 amide bonds. The first-order valence-corrected chi connectivity index (χ1v) is 6.22. The fraction of sp³-hybridized carbons (Fsp3) is 0.167. The minimum atomic E-state index is -0.648. The maximum Gasteiger partial charge on any atom is 0.295 e. The van der Waals surface area contributed by atoms with Gasteiger partial charge in [-0.15, -0.1) is 0 Å². The summed E-state index contributed by atoms with van der Waals surface area (Å²) in [6.45, 7) is 1.79. The van der Waals surface area contributed by atoms with Crippen LogP contribution in [-0.4, -0.2) is 4.92 Å². The minimum Gasteiger partial charge on any atom is -0.452 e. The number of hydrogen-bond acceptors (Lipinski definition) is 4. The van der Waals surface area contributed by atoms with Gasteiger partial charge in [0.25, 0.3) is 5.69 Å². The zero-order chi connectivity index (χ0) is 14.0. The van der Waals surface area contributed by atoms with E-state index in [9.17, 15) is 14.5 Å². The molecule has 7 heteroatoms. The van der Waals surface area contributed by atoms with Gasteiger partial charge in [-0.25, -0.2) is 4.39 Å². The van der Waals surface area contributed by atoms with E-state index in [1.54, 1.807) is 19.1 Å². The second kappa shape index (κ2) is 5.40. The third-order valence-electron chi connectivity index (χ3n) is 2.55. The minimum absolute atomic E-state index is 0.242. The number of anilines is 1. The molecule has 0 bridgehead atoms. The van der Waals surface area contributed by atoms with E-state index in [-0.39, 0.29) is 17.4 Å². The first kappa shape index (κ1) is 13.5. The van der Waals surface area contributed by atoms with Gasteiger partial charge in [0.15, 0.2) is 4.67 Å². The number of nitro benzene ring substituents is 1. The zero-order valence-electron chi connectivity index (χ0n) is 9.89. The van der Waals surface area contributed by atoms with Gasteiger partial charge in [0.1, 0.15) is 17.3 Å². The maximum absolute atomic E-state index is 13.0. The van der Waals surface area contributed by atoms with E-state index >= 15 is 0 Å². The Hall–Kier alpha value is -1.89. The number of furan rings is 1. The van der Waals surface area contributed by atoms with Gasteiger partial charge in [-0.05, 0) is 47.1 Å². The van der Waals surface area contributed by atoms with E-state index in [1.165, 1.54) is 12.1 Å². The summed E-state index contributed by atoms with van der Waals surface area (Å²) >= 11 is 3.18. The first-order chi connectivity index (χ1) is 8.97. The Morgan fingerprint density at radius 2 is 2.16 bits per heavy atom. The highest BCUT2D eigenvalue weighted by Gasteiger charge is 2.18. The van der Waals surface area contributed by atoms with Crippen molar-refractivity contribution >= 4 is 27.3 Å². The van der Waals surface area contributed by atoms with Crippen molar-refractivity contribution in [1.29, 1.82) is 0 Å². The van der Waals surface area contributed by atoms with E-state index < -0.39 is 10.7 Å². The van der Waals surface area contributed by atoms with Gasteiger partial charge < -0.3 is 9.73 Å². The Labute approximate surface area is 116 Å². The first-order valence-electron chi connectivity index (χ1n) is 5.43. The Morgan fingerprint density at radius 3 is 2.74 bits per heavy atom. The molecule has 2 rings (SSSR count). The van der Waals surface area contributed by atoms with Gasteiger partial charge in [-0.1, -0.05) is 0 Å². The van der Waals surface area contributed by atoms with Gasteiger partial charge in [0.05, 0.1) is 17.0 Å². The van der Waals surface area contributed by atoms with Crippen LogP contribution in [0.15, 0.2) is 39.4 Å². The lowest BCUT2D eigenvalue weighted by molar-refractivity contribution is -0.384. The van der Waals surface area contributed by atoms with Gasteiger partial charge in [-0.2, -0.15) is 0 Å². The van der Waals surface area contributed by atoms with E-state index in [2.05, 4.69) is 21.2 Å². The Kier molecular flexibility index (Phi) is 3.84. The van der Waals surface area contributed by atoms with Crippen molar-refractivity contribution in [3.05, 3.63) is 56.7 Å². The summed E-state index contributed by atoms with van der Waals surface area (Å²) in [5.41, 5.74) is -0.0658. The third-order valence-corrected chi connectivity index (χ3v) is 2.98. The molecule has 0 saturated carbocycles. The summed E-state index contributed by atoms with van der Waals surface area (Å²) in [5, 5.41) is 13.8. The molecule has 0 aliphatic heterocycles. The third kappa shape index (κ3) is 3.11. The molecule has 1 N–H and O–H groups in total. The number of hydrogen-bond donors (Lipinski definition) is 1. The van der Waals surface area contributed by atoms with Crippen LogP contribution in [0.1, 0.15) is 18.7 Å². The lowest BCUT2D eigenvalue weighted by Crippen LogP contribution is -2.07. The summed E-state index contributed by atoms with van der Waals surface area (Å²) in [6.07, 6.45) is 0. The van der Waals surface area contributed by atoms with Crippen molar-refractivity contribution in [3.63, 3.8) is 0 Å². The van der Waals surface area contributed by atoms with Crippen molar-refractivity contribution in [2.24, 2.45) is 0 Å². The van der Waals surface area contributed by atoms with Crippen molar-refractivity contribution in [2.75, 3.05) is 5.32 Å². The fourth-order valence-corrected chi connectivity index (χ4v) is 1.96. The molecule has 0 fully saturated rings. The van der Waals surface area contributed by atoms with Crippen LogP contribution in [-0.2, 0) is 0 Å². The second-order valence-corrected chi connectivity index (χ2v) is 4.71. The molecule has 0 spiro atoms. The summed E-state index contributed by atoms with van der Waals surface area (Å²) in [7, 11) is 0. The molecule has 19 heavy (non-hydrogen) atoms. The quantitative estimate of drug-likeness (QED) is 0.672. The van der Waals surface area contributed by atoms with Crippen LogP contribution < -0.4 is 5.32 Å². The zero-order valence-corrected chi connectivity index (χ0v) is 11.5. The summed E-state index contributed by atoms with van der Waals surface area (Å²) in [4.78, 5) is 10.2. The number of nitro groups is 1. The van der Waals surface area contributed by atoms with E-state index in [0.29, 0.717) is 10.4 Å². The highest BCUT2D eigenvalue weighted by Crippen LogP contribution is 2.29. The SMILES string of the molecule is CC(Nc1ccc(F)cc1[N+](=O)[O-])c1ccc(Br)o1. The highest BCUT2D eigenvalue weighted by molar-refractivity contribution is 9.10. The van der Waals surface area contributed by atoms with E-state index in [0.717, 1.165) is 6.07 Å². The summed E-state index contributed by atoms with van der Waals surface area (Å²) in [6, 6.07) is 6.58. The number of halogens is 2. The molecule has 1 heterocycles. The Balaban J connectivity index is 2.26. The maximum atomic E-state index is 13.0. The number of benzene rings is 1. The number of nitrogens with one attached hydrogen (secondary N) is 1. The molecule has 1 aromatic heterocycles. The molecule has 2 aromatic rings. The largest absolute Gasteiger partial charge is 0.452 e. The standard InChI is InChI=1S/C12H10BrFN2O3/c1-7(11-4-5-12(13)19-11)15-9-3-2-8(14)6-10(9)16(17)18/h2-7,15H,1H3. The smallest absolute Gasteiger partial charge is 0.295 e. The Morgan fingerprint density at radius 1 is 1.42 bits per heavy atom. The van der Waals surface area contributed by atoms with Gasteiger partial charge in [-0.3, -0.25) is 10.1 Å². The van der Waals surface area contributed by atoms with Gasteiger partial charge in [0, 0.05) is 0 Å². The van der Waals surface area contributed by atoms with E-state index in [4.69, 9.17) is 4.42 Å². The van der Waals surface area contributed by atoms with Crippen LogP contribution in [0.3, 0.4) is 0 Å². The van der Waals surface area contributed by atoms with Crippen LogP contribution >= 0.6 is 15.9 Å². The van der Waals surface area contributed by atoms with Crippen LogP contribution in [0.5, 0.6) is 0 Å². The molecule has 0 aliphatic rings. The second-order valence-electron chi connectivity index (χ2n) is 3.93. The van der Waals surface area contributed by atoms with Crippen molar-refractivity contribution < 1.29 is 13.7 Å². The predicted molar refractivity (Wildman–Crippen MR) is 71.5 cm³/mol. The monoisotopic (exact) mass is 328 g/mol. The lowest BCUT2D eigenvalue weighted by atomic mass is 10.2. The number of rotatable bonds is 4. The molecule has 0 aliphatic carbocycles. The van der Waals surface area contributed by atoms with Crippen LogP contribution in [0.25, 0.3) is 0 Å². The average molecular weight is 329 g/mol. The average Bonchev–Trinajstić information content (AvgIpc) is 2.78. The molecule has 1 atom stereocenters. The molecular weight excluding hydrogens is 319 g/mol. The van der Waals surface area contributed by atoms with Crippen LogP contribution in [0.2, 0.25) is 0 Å². The molecule has 5 nitrogen and oxygen atoms in total. The Bertz CT molecular complexity index is 615. The predicted octanol–water partition coefficient (Wildman–Crippen LogP) is 4.26. The molecule has 0 radical (unpaired) electrons. The molecular formula is C12H10BrFN2O3. The summed E-state index contributed by atoms with van der Waals surface area (Å²) < 4.78 is 18.9. The van der Waals surface area contributed by atoms with Gasteiger partial charge >= 0.3 is 0 Å². The summed E-state index contributed by atoms with van der Waals surface area (Å²) in [5.74, 6) is -0.0313. The number of nitrogens with zero attached hydrogens (tertiary/aromatic N) is 1. The molecule has 1 aromatic carbocycles. The fourth-order valence-electron chi connectivity index (χ4n) is 1.64. The topological polar surface area (TPSA) is 68.3 Å². The van der Waals surface area contributed by atoms with Crippen molar-refractivity contribution in [2.45, 2.75) is 13.0 Å². The molecule has 1 unspecified atom stereocenters. The van der Waals surface area contributed by atoms with Crippen LogP contribution in [0, 0.1) is 15.9 Å². The van der Waals surface area contributed by atoms with Crippen LogP contribution in [0.4, 0.5) is 15.8 Å². The normalized spacial score (nSPS) is 12.2. The van der Waals surface area contributed by atoms with E-state index in [1.807, 2.05) is 0 Å².